The van der Waals surface area contributed by atoms with Gasteiger partial charge in [-0.05, 0) is 32.8 Å². The zero-order valence-corrected chi connectivity index (χ0v) is 16.3. The fourth-order valence-electron chi connectivity index (χ4n) is 3.50. The van der Waals surface area contributed by atoms with E-state index in [4.69, 9.17) is 4.52 Å². The van der Waals surface area contributed by atoms with Crippen LogP contribution in [0.2, 0.25) is 0 Å². The molecule has 28 heavy (non-hydrogen) atoms. The summed E-state index contributed by atoms with van der Waals surface area (Å²) in [5.41, 5.74) is 0.936. The molecule has 1 aliphatic heterocycles. The number of anilines is 1. The topological polar surface area (TPSA) is 123 Å². The first kappa shape index (κ1) is 18.6. The van der Waals surface area contributed by atoms with Crippen molar-refractivity contribution >= 4 is 27.4 Å². The lowest BCUT2D eigenvalue weighted by Gasteiger charge is -2.31. The van der Waals surface area contributed by atoms with E-state index >= 15 is 0 Å². The van der Waals surface area contributed by atoms with E-state index in [1.54, 1.807) is 38.4 Å². The highest BCUT2D eigenvalue weighted by atomic mass is 32.2. The Morgan fingerprint density at radius 2 is 2.11 bits per heavy atom. The summed E-state index contributed by atoms with van der Waals surface area (Å²) in [6.45, 7) is 3.62. The predicted molar refractivity (Wildman–Crippen MR) is 99.1 cm³/mol. The van der Waals surface area contributed by atoms with E-state index in [2.05, 4.69) is 20.6 Å². The quantitative estimate of drug-likeness (QED) is 0.697. The van der Waals surface area contributed by atoms with E-state index in [0.29, 0.717) is 36.5 Å². The molecule has 0 aromatic carbocycles. The summed E-state index contributed by atoms with van der Waals surface area (Å²) in [7, 11) is -3.78. The van der Waals surface area contributed by atoms with Crippen LogP contribution in [-0.2, 0) is 14.8 Å². The Labute approximate surface area is 161 Å². The molecule has 4 rings (SSSR count). The van der Waals surface area contributed by atoms with Crippen LogP contribution in [0.5, 0.6) is 0 Å². The van der Waals surface area contributed by atoms with Crippen molar-refractivity contribution in [3.63, 3.8) is 0 Å². The second-order valence-corrected chi connectivity index (χ2v) is 8.65. The van der Waals surface area contributed by atoms with Gasteiger partial charge in [0, 0.05) is 25.4 Å². The van der Waals surface area contributed by atoms with Gasteiger partial charge in [0.1, 0.15) is 16.4 Å². The van der Waals surface area contributed by atoms with Gasteiger partial charge in [0.05, 0.1) is 12.1 Å². The summed E-state index contributed by atoms with van der Waals surface area (Å²) < 4.78 is 33.9. The second-order valence-electron chi connectivity index (χ2n) is 6.78. The van der Waals surface area contributed by atoms with Gasteiger partial charge in [-0.1, -0.05) is 5.16 Å². The lowest BCUT2D eigenvalue weighted by atomic mass is 9.99. The molecule has 0 spiro atoms. The standard InChI is InChI=1S/C17H20N6O4S/c1-11-16(12(2)27-21-11)28(25,26)22-9-3-4-13(10-22)17(24)20-15-5-7-18-14-6-8-19-23(14)15/h5-8,13H,3-4,9-10H2,1-2H3,(H,20,24). The van der Waals surface area contributed by atoms with Gasteiger partial charge in [-0.25, -0.2) is 13.4 Å². The van der Waals surface area contributed by atoms with Crippen molar-refractivity contribution in [2.75, 3.05) is 18.4 Å². The van der Waals surface area contributed by atoms with Crippen LogP contribution in [0, 0.1) is 19.8 Å². The maximum atomic E-state index is 13.0. The summed E-state index contributed by atoms with van der Waals surface area (Å²) in [5, 5.41) is 10.7. The molecule has 0 radical (unpaired) electrons. The van der Waals surface area contributed by atoms with Crippen molar-refractivity contribution in [1.82, 2.24) is 24.1 Å². The number of amides is 1. The van der Waals surface area contributed by atoms with Gasteiger partial charge in [0.15, 0.2) is 11.4 Å². The molecule has 1 unspecified atom stereocenters. The van der Waals surface area contributed by atoms with Crippen molar-refractivity contribution < 1.29 is 17.7 Å². The Morgan fingerprint density at radius 3 is 2.86 bits per heavy atom. The first-order chi connectivity index (χ1) is 13.4. The van der Waals surface area contributed by atoms with Crippen molar-refractivity contribution in [3.8, 4) is 0 Å². The third-order valence-corrected chi connectivity index (χ3v) is 6.97. The highest BCUT2D eigenvalue weighted by Crippen LogP contribution is 2.28. The molecule has 3 aromatic rings. The number of sulfonamides is 1. The Morgan fingerprint density at radius 1 is 1.29 bits per heavy atom. The summed E-state index contributed by atoms with van der Waals surface area (Å²) in [6, 6.07) is 3.38. The normalized spacial score (nSPS) is 18.4. The van der Waals surface area contributed by atoms with Crippen LogP contribution >= 0.6 is 0 Å². The predicted octanol–water partition coefficient (Wildman–Crippen LogP) is 1.37. The SMILES string of the molecule is Cc1noc(C)c1S(=O)(=O)N1CCCC(C(=O)Nc2ccnc3ccnn23)C1. The van der Waals surface area contributed by atoms with Crippen LogP contribution < -0.4 is 5.32 Å². The van der Waals surface area contributed by atoms with Crippen LogP contribution in [-0.4, -0.2) is 51.5 Å². The highest BCUT2D eigenvalue weighted by Gasteiger charge is 2.36. The molecule has 1 aliphatic rings. The molecule has 148 valence electrons. The minimum absolute atomic E-state index is 0.0842. The van der Waals surface area contributed by atoms with Crippen LogP contribution in [0.1, 0.15) is 24.3 Å². The molecule has 1 atom stereocenters. The molecule has 1 amide bonds. The smallest absolute Gasteiger partial charge is 0.248 e. The Hall–Kier alpha value is -2.79. The van der Waals surface area contributed by atoms with Gasteiger partial charge >= 0.3 is 0 Å². The largest absolute Gasteiger partial charge is 0.360 e. The first-order valence-electron chi connectivity index (χ1n) is 8.90. The summed E-state index contributed by atoms with van der Waals surface area (Å²) in [5.74, 6) is 0.0251. The number of aromatic nitrogens is 4. The van der Waals surface area contributed by atoms with Crippen molar-refractivity contribution in [2.24, 2.45) is 5.92 Å². The fourth-order valence-corrected chi connectivity index (χ4v) is 5.32. The number of aryl methyl sites for hydroxylation is 2. The van der Waals surface area contributed by atoms with Gasteiger partial charge in [-0.2, -0.15) is 13.9 Å². The number of carbonyl (C=O) groups is 1. The molecule has 1 N–H and O–H groups in total. The number of nitrogens with one attached hydrogen (secondary N) is 1. The molecule has 1 fully saturated rings. The van der Waals surface area contributed by atoms with Crippen LogP contribution in [0.25, 0.3) is 5.65 Å². The highest BCUT2D eigenvalue weighted by molar-refractivity contribution is 7.89. The van der Waals surface area contributed by atoms with Gasteiger partial charge < -0.3 is 9.84 Å². The first-order valence-corrected chi connectivity index (χ1v) is 10.3. The Bertz CT molecular complexity index is 1120. The lowest BCUT2D eigenvalue weighted by molar-refractivity contribution is -0.120. The number of hydrogen-bond donors (Lipinski definition) is 1. The van der Waals surface area contributed by atoms with Gasteiger partial charge in [0.25, 0.3) is 0 Å². The maximum Gasteiger partial charge on any atom is 0.248 e. The molecule has 10 nitrogen and oxygen atoms in total. The zero-order chi connectivity index (χ0) is 19.9. The molecule has 11 heteroatoms. The molecular formula is C17H20N6O4S. The molecule has 0 bridgehead atoms. The average molecular weight is 404 g/mol. The second kappa shape index (κ2) is 6.99. The number of hydrogen-bond acceptors (Lipinski definition) is 7. The monoisotopic (exact) mass is 404 g/mol. The number of piperidine rings is 1. The van der Waals surface area contributed by atoms with E-state index in [-0.39, 0.29) is 23.1 Å². The molecule has 0 saturated carbocycles. The lowest BCUT2D eigenvalue weighted by Crippen LogP contribution is -2.44. The molecule has 1 saturated heterocycles. The number of rotatable bonds is 4. The maximum absolute atomic E-state index is 13.0. The number of fused-ring (bicyclic) bond motifs is 1. The minimum atomic E-state index is -3.78. The summed E-state index contributed by atoms with van der Waals surface area (Å²) >= 11 is 0. The van der Waals surface area contributed by atoms with Crippen molar-refractivity contribution in [1.29, 1.82) is 0 Å². The van der Waals surface area contributed by atoms with Gasteiger partial charge in [0.2, 0.25) is 15.9 Å². The number of carbonyl (C=O) groups excluding carboxylic acids is 1. The van der Waals surface area contributed by atoms with E-state index in [1.165, 1.54) is 8.82 Å². The van der Waals surface area contributed by atoms with E-state index in [0.717, 1.165) is 0 Å². The average Bonchev–Trinajstić information content (AvgIpc) is 3.29. The van der Waals surface area contributed by atoms with Crippen molar-refractivity contribution in [2.45, 2.75) is 31.6 Å². The Balaban J connectivity index is 1.54. The summed E-state index contributed by atoms with van der Waals surface area (Å²) in [6.07, 6.45) is 4.37. The third-order valence-electron chi connectivity index (χ3n) is 4.86. The van der Waals surface area contributed by atoms with Gasteiger partial charge in [-0.15, -0.1) is 0 Å². The van der Waals surface area contributed by atoms with Crippen LogP contribution in [0.4, 0.5) is 5.82 Å². The zero-order valence-electron chi connectivity index (χ0n) is 15.5. The summed E-state index contributed by atoms with van der Waals surface area (Å²) in [4.78, 5) is 17.0. The van der Waals surface area contributed by atoms with Crippen LogP contribution in [0.3, 0.4) is 0 Å². The van der Waals surface area contributed by atoms with E-state index in [1.807, 2.05) is 0 Å². The molecule has 0 aliphatic carbocycles. The van der Waals surface area contributed by atoms with Gasteiger partial charge in [-0.3, -0.25) is 4.79 Å². The fraction of sp³-hybridized carbons (Fsp3) is 0.412. The Kier molecular flexibility index (Phi) is 4.63. The third kappa shape index (κ3) is 3.16. The number of nitrogens with zero attached hydrogens (tertiary/aromatic N) is 5. The van der Waals surface area contributed by atoms with E-state index < -0.39 is 15.9 Å². The molecule has 4 heterocycles. The molecular weight excluding hydrogens is 384 g/mol. The van der Waals surface area contributed by atoms with E-state index in [9.17, 15) is 13.2 Å². The van der Waals surface area contributed by atoms with Crippen LogP contribution in [0.15, 0.2) is 33.9 Å². The van der Waals surface area contributed by atoms with Crippen molar-refractivity contribution in [3.05, 3.63) is 36.0 Å². The minimum Gasteiger partial charge on any atom is -0.360 e. The molecule has 3 aromatic heterocycles.